The van der Waals surface area contributed by atoms with Crippen LogP contribution in [0.5, 0.6) is 0 Å². The Hall–Kier alpha value is -2.60. The lowest BCUT2D eigenvalue weighted by atomic mass is 10.2. The van der Waals surface area contributed by atoms with Gasteiger partial charge in [-0.25, -0.2) is 4.98 Å². The molecule has 4 aromatic rings. The van der Waals surface area contributed by atoms with Gasteiger partial charge < -0.3 is 9.55 Å². The van der Waals surface area contributed by atoms with Crippen molar-refractivity contribution in [1.29, 1.82) is 0 Å². The van der Waals surface area contributed by atoms with Crippen LogP contribution in [0.15, 0.2) is 59.8 Å². The highest BCUT2D eigenvalue weighted by atomic mass is 32.2. The number of H-pyrrole nitrogens is 1. The van der Waals surface area contributed by atoms with Gasteiger partial charge in [-0.3, -0.25) is 0 Å². The van der Waals surface area contributed by atoms with E-state index >= 15 is 0 Å². The molecule has 0 amide bonds. The highest BCUT2D eigenvalue weighted by Gasteiger charge is 2.13. The summed E-state index contributed by atoms with van der Waals surface area (Å²) in [7, 11) is 0. The maximum absolute atomic E-state index is 4.61. The quantitative estimate of drug-likeness (QED) is 0.557. The molecule has 0 aliphatic rings. The van der Waals surface area contributed by atoms with E-state index in [0.717, 1.165) is 45.7 Å². The molecule has 24 heavy (non-hydrogen) atoms. The lowest BCUT2D eigenvalue weighted by molar-refractivity contribution is 0.687. The monoisotopic (exact) mass is 335 g/mol. The number of rotatable bonds is 5. The van der Waals surface area contributed by atoms with Crippen molar-refractivity contribution < 1.29 is 0 Å². The Morgan fingerprint density at radius 2 is 1.79 bits per heavy atom. The maximum atomic E-state index is 4.61. The first kappa shape index (κ1) is 15.0. The molecule has 5 nitrogen and oxygen atoms in total. The van der Waals surface area contributed by atoms with Crippen LogP contribution in [-0.4, -0.2) is 24.7 Å². The number of fused-ring (bicyclic) bond motifs is 1. The summed E-state index contributed by atoms with van der Waals surface area (Å²) >= 11 is 1.65. The third-order valence-electron chi connectivity index (χ3n) is 3.84. The van der Waals surface area contributed by atoms with Crippen LogP contribution in [0.2, 0.25) is 0 Å². The van der Waals surface area contributed by atoms with Crippen LogP contribution < -0.4 is 0 Å². The van der Waals surface area contributed by atoms with Gasteiger partial charge >= 0.3 is 0 Å². The first-order valence-corrected chi connectivity index (χ1v) is 8.88. The zero-order valence-corrected chi connectivity index (χ0v) is 14.1. The molecule has 2 heterocycles. The van der Waals surface area contributed by atoms with Crippen molar-refractivity contribution in [3.63, 3.8) is 0 Å². The fraction of sp³-hybridized carbons (Fsp3) is 0.167. The smallest absolute Gasteiger partial charge is 0.191 e. The van der Waals surface area contributed by atoms with Crippen molar-refractivity contribution in [2.24, 2.45) is 0 Å². The molecule has 0 radical (unpaired) electrons. The Morgan fingerprint density at radius 3 is 2.58 bits per heavy atom. The molecule has 0 aliphatic carbocycles. The first-order valence-electron chi connectivity index (χ1n) is 7.90. The van der Waals surface area contributed by atoms with Gasteiger partial charge in [-0.2, -0.15) is 0 Å². The predicted octanol–water partition coefficient (Wildman–Crippen LogP) is 4.13. The average Bonchev–Trinajstić information content (AvgIpc) is 3.23. The molecule has 2 aromatic carbocycles. The fourth-order valence-corrected chi connectivity index (χ4v) is 3.56. The third-order valence-corrected chi connectivity index (χ3v) is 4.82. The van der Waals surface area contributed by atoms with Crippen LogP contribution >= 0.6 is 11.8 Å². The Morgan fingerprint density at radius 1 is 1.00 bits per heavy atom. The van der Waals surface area contributed by atoms with Gasteiger partial charge in [0.1, 0.15) is 5.82 Å². The van der Waals surface area contributed by atoms with Crippen molar-refractivity contribution in [3.05, 3.63) is 60.4 Å². The Bertz CT molecular complexity index is 925. The molecule has 4 rings (SSSR count). The second-order valence-corrected chi connectivity index (χ2v) is 6.35. The lowest BCUT2D eigenvalue weighted by Gasteiger charge is -2.06. The number of imidazole rings is 1. The fourth-order valence-electron chi connectivity index (χ4n) is 2.69. The number of hydrogen-bond acceptors (Lipinski definition) is 4. The molecule has 0 unspecified atom stereocenters. The summed E-state index contributed by atoms with van der Waals surface area (Å²) in [5.41, 5.74) is 3.15. The zero-order valence-electron chi connectivity index (χ0n) is 13.3. The number of nitrogens with one attached hydrogen (secondary N) is 1. The molecular weight excluding hydrogens is 318 g/mol. The molecule has 0 spiro atoms. The van der Waals surface area contributed by atoms with Crippen molar-refractivity contribution in [2.45, 2.75) is 24.4 Å². The van der Waals surface area contributed by atoms with Gasteiger partial charge in [-0.1, -0.05) is 54.2 Å². The Kier molecular flexibility index (Phi) is 4.04. The molecule has 6 heteroatoms. The van der Waals surface area contributed by atoms with Crippen LogP contribution in [-0.2, 0) is 12.3 Å². The van der Waals surface area contributed by atoms with Gasteiger partial charge in [-0.05, 0) is 19.1 Å². The zero-order chi connectivity index (χ0) is 16.4. The summed E-state index contributed by atoms with van der Waals surface area (Å²) < 4.78 is 2.14. The van der Waals surface area contributed by atoms with Crippen LogP contribution in [0, 0.1) is 0 Å². The number of thioether (sulfide) groups is 1. The van der Waals surface area contributed by atoms with Crippen LogP contribution in [0.1, 0.15) is 12.7 Å². The van der Waals surface area contributed by atoms with Crippen molar-refractivity contribution >= 4 is 22.8 Å². The summed E-state index contributed by atoms with van der Waals surface area (Å²) in [6.45, 7) is 2.95. The largest absolute Gasteiger partial charge is 0.341 e. The van der Waals surface area contributed by atoms with Crippen molar-refractivity contribution in [1.82, 2.24) is 24.7 Å². The standard InChI is InChI=1S/C18H17N5S/c1-2-23-17(13-8-4-3-5-9-13)21-22-18(23)24-12-16-19-14-10-6-7-11-15(14)20-16/h3-11H,2,12H2,1H3,(H,19,20). The van der Waals surface area contributed by atoms with E-state index in [1.165, 1.54) is 0 Å². The van der Waals surface area contributed by atoms with E-state index in [-0.39, 0.29) is 0 Å². The Balaban J connectivity index is 1.57. The molecule has 0 atom stereocenters. The topological polar surface area (TPSA) is 59.4 Å². The van der Waals surface area contributed by atoms with Gasteiger partial charge in [-0.15, -0.1) is 10.2 Å². The van der Waals surface area contributed by atoms with E-state index in [2.05, 4.69) is 43.8 Å². The number of aromatic nitrogens is 5. The minimum absolute atomic E-state index is 0.738. The minimum Gasteiger partial charge on any atom is -0.341 e. The van der Waals surface area contributed by atoms with Gasteiger partial charge in [0.15, 0.2) is 11.0 Å². The summed E-state index contributed by atoms with van der Waals surface area (Å²) in [5.74, 6) is 2.60. The predicted molar refractivity (Wildman–Crippen MR) is 96.8 cm³/mol. The molecule has 0 saturated carbocycles. The van der Waals surface area contributed by atoms with E-state index in [9.17, 15) is 0 Å². The van der Waals surface area contributed by atoms with Crippen LogP contribution in [0.4, 0.5) is 0 Å². The number of benzene rings is 2. The van der Waals surface area contributed by atoms with E-state index in [1.54, 1.807) is 11.8 Å². The highest BCUT2D eigenvalue weighted by Crippen LogP contribution is 2.26. The molecule has 120 valence electrons. The molecule has 1 N–H and O–H groups in total. The first-order chi connectivity index (χ1) is 11.8. The molecule has 0 saturated heterocycles. The van der Waals surface area contributed by atoms with Crippen molar-refractivity contribution in [3.8, 4) is 11.4 Å². The van der Waals surface area contributed by atoms with E-state index in [0.29, 0.717) is 0 Å². The minimum atomic E-state index is 0.738. The highest BCUT2D eigenvalue weighted by molar-refractivity contribution is 7.98. The lowest BCUT2D eigenvalue weighted by Crippen LogP contribution is -2.00. The number of nitrogens with zero attached hydrogens (tertiary/aromatic N) is 4. The van der Waals surface area contributed by atoms with E-state index < -0.39 is 0 Å². The van der Waals surface area contributed by atoms with Gasteiger partial charge in [0.05, 0.1) is 16.8 Å². The molecule has 0 aliphatic heterocycles. The summed E-state index contributed by atoms with van der Waals surface area (Å²) in [4.78, 5) is 7.97. The summed E-state index contributed by atoms with van der Waals surface area (Å²) in [6.07, 6.45) is 0. The van der Waals surface area contributed by atoms with Gasteiger partial charge in [0.2, 0.25) is 0 Å². The maximum Gasteiger partial charge on any atom is 0.191 e. The molecule has 0 fully saturated rings. The Labute approximate surface area is 144 Å². The van der Waals surface area contributed by atoms with E-state index in [1.807, 2.05) is 42.5 Å². The second kappa shape index (κ2) is 6.49. The van der Waals surface area contributed by atoms with Gasteiger partial charge in [0.25, 0.3) is 0 Å². The van der Waals surface area contributed by atoms with Gasteiger partial charge in [0, 0.05) is 12.1 Å². The third kappa shape index (κ3) is 2.80. The van der Waals surface area contributed by atoms with Crippen molar-refractivity contribution in [2.75, 3.05) is 0 Å². The van der Waals surface area contributed by atoms with Crippen LogP contribution in [0.3, 0.4) is 0 Å². The van der Waals surface area contributed by atoms with E-state index in [4.69, 9.17) is 0 Å². The second-order valence-electron chi connectivity index (χ2n) is 5.41. The normalized spacial score (nSPS) is 11.2. The summed E-state index contributed by atoms with van der Waals surface area (Å²) in [5, 5.41) is 9.65. The summed E-state index contributed by atoms with van der Waals surface area (Å²) in [6, 6.07) is 18.2. The number of aromatic amines is 1. The average molecular weight is 335 g/mol. The SMILES string of the molecule is CCn1c(SCc2nc3ccccc3[nH]2)nnc1-c1ccccc1. The molecule has 0 bridgehead atoms. The number of para-hydroxylation sites is 2. The number of hydrogen-bond donors (Lipinski definition) is 1. The molecule has 2 aromatic heterocycles. The van der Waals surface area contributed by atoms with Crippen LogP contribution in [0.25, 0.3) is 22.4 Å². The molecular formula is C18H17N5S.